The smallest absolute Gasteiger partial charge is 0.217 e. The lowest BCUT2D eigenvalue weighted by Crippen LogP contribution is -2.65. The van der Waals surface area contributed by atoms with Gasteiger partial charge in [-0.1, -0.05) is 0 Å². The van der Waals surface area contributed by atoms with Gasteiger partial charge in [0.25, 0.3) is 0 Å². The number of aliphatic hydroxyl groups excluding tert-OH is 3. The number of anilines is 1. The van der Waals surface area contributed by atoms with Crippen LogP contribution in [0.2, 0.25) is 0 Å². The highest BCUT2D eigenvalue weighted by molar-refractivity contribution is 5.73. The van der Waals surface area contributed by atoms with Gasteiger partial charge in [0.15, 0.2) is 6.23 Å². The van der Waals surface area contributed by atoms with Crippen molar-refractivity contribution in [2.24, 2.45) is 0 Å². The highest BCUT2D eigenvalue weighted by atomic mass is 16.5. The van der Waals surface area contributed by atoms with Gasteiger partial charge in [-0.2, -0.15) is 0 Å². The first-order valence-corrected chi connectivity index (χ1v) is 7.26. The quantitative estimate of drug-likeness (QED) is 0.473. The average Bonchev–Trinajstić information content (AvgIpc) is 2.54. The van der Waals surface area contributed by atoms with E-state index in [1.807, 2.05) is 0 Å². The van der Waals surface area contributed by atoms with Crippen molar-refractivity contribution < 1.29 is 29.6 Å². The fourth-order valence-corrected chi connectivity index (χ4v) is 2.49. The van der Waals surface area contributed by atoms with Crippen LogP contribution in [0.1, 0.15) is 6.92 Å². The summed E-state index contributed by atoms with van der Waals surface area (Å²) < 4.78 is 10.7. The Hall–Kier alpha value is -1.87. The molecule has 5 N–H and O–H groups in total. The summed E-state index contributed by atoms with van der Waals surface area (Å²) in [5.74, 6) is 0.316. The minimum atomic E-state index is -1.30. The van der Waals surface area contributed by atoms with E-state index < -0.39 is 37.2 Å². The molecule has 8 nitrogen and oxygen atoms in total. The largest absolute Gasteiger partial charge is 0.497 e. The van der Waals surface area contributed by atoms with Gasteiger partial charge in [-0.3, -0.25) is 4.79 Å². The summed E-state index contributed by atoms with van der Waals surface area (Å²) in [6.45, 7) is 0.855. The number of carbonyl (C=O) groups excluding carboxylic acids is 1. The summed E-state index contributed by atoms with van der Waals surface area (Å²) in [6, 6.07) is 6.12. The molecule has 1 saturated heterocycles. The number of hydrogen-bond donors (Lipinski definition) is 5. The van der Waals surface area contributed by atoms with E-state index in [-0.39, 0.29) is 5.91 Å². The van der Waals surface area contributed by atoms with Crippen LogP contribution < -0.4 is 15.4 Å². The number of aliphatic hydroxyl groups is 3. The molecular formula is C15H22N2O6. The third-order valence-electron chi connectivity index (χ3n) is 3.70. The Bertz CT molecular complexity index is 523. The molecule has 1 aromatic carbocycles. The Morgan fingerprint density at radius 1 is 1.26 bits per heavy atom. The summed E-state index contributed by atoms with van der Waals surface area (Å²) in [6.07, 6.45) is -4.35. The van der Waals surface area contributed by atoms with Crippen LogP contribution in [0.3, 0.4) is 0 Å². The number of hydrogen-bond acceptors (Lipinski definition) is 7. The second-order valence-corrected chi connectivity index (χ2v) is 5.36. The van der Waals surface area contributed by atoms with Gasteiger partial charge in [-0.15, -0.1) is 0 Å². The molecule has 23 heavy (non-hydrogen) atoms. The van der Waals surface area contributed by atoms with Crippen molar-refractivity contribution in [1.29, 1.82) is 0 Å². The lowest BCUT2D eigenvalue weighted by Gasteiger charge is -2.43. The van der Waals surface area contributed by atoms with Gasteiger partial charge >= 0.3 is 0 Å². The summed E-state index contributed by atoms with van der Waals surface area (Å²) in [5, 5.41) is 35.0. The number of benzene rings is 1. The molecule has 0 bridgehead atoms. The van der Waals surface area contributed by atoms with Gasteiger partial charge in [0.1, 0.15) is 30.1 Å². The van der Waals surface area contributed by atoms with E-state index in [1.165, 1.54) is 6.92 Å². The topological polar surface area (TPSA) is 120 Å². The summed E-state index contributed by atoms with van der Waals surface area (Å²) in [4.78, 5) is 11.3. The van der Waals surface area contributed by atoms with Gasteiger partial charge in [-0.05, 0) is 24.3 Å². The maximum absolute atomic E-state index is 11.3. The first kappa shape index (κ1) is 17.5. The minimum Gasteiger partial charge on any atom is -0.497 e. The van der Waals surface area contributed by atoms with Crippen LogP contribution in [0.25, 0.3) is 0 Å². The van der Waals surface area contributed by atoms with E-state index in [4.69, 9.17) is 9.47 Å². The van der Waals surface area contributed by atoms with Crippen LogP contribution in [-0.2, 0) is 9.53 Å². The molecule has 0 unspecified atom stereocenters. The molecule has 0 spiro atoms. The normalized spacial score (nSPS) is 30.6. The molecule has 8 heteroatoms. The fraction of sp³-hybridized carbons (Fsp3) is 0.533. The maximum Gasteiger partial charge on any atom is 0.217 e. The molecule has 1 heterocycles. The van der Waals surface area contributed by atoms with E-state index in [0.29, 0.717) is 11.4 Å². The number of rotatable bonds is 5. The van der Waals surface area contributed by atoms with Crippen molar-refractivity contribution >= 4 is 11.6 Å². The van der Waals surface area contributed by atoms with Crippen molar-refractivity contribution in [3.05, 3.63) is 24.3 Å². The van der Waals surface area contributed by atoms with Crippen LogP contribution in [0.4, 0.5) is 5.69 Å². The fourth-order valence-electron chi connectivity index (χ4n) is 2.49. The molecule has 1 fully saturated rings. The van der Waals surface area contributed by atoms with E-state index >= 15 is 0 Å². The Morgan fingerprint density at radius 2 is 1.91 bits per heavy atom. The molecule has 0 saturated carbocycles. The van der Waals surface area contributed by atoms with Crippen molar-refractivity contribution in [2.75, 3.05) is 19.0 Å². The molecule has 1 amide bonds. The Kier molecular flexibility index (Phi) is 5.78. The van der Waals surface area contributed by atoms with Crippen molar-refractivity contribution in [3.8, 4) is 5.75 Å². The van der Waals surface area contributed by atoms with E-state index in [0.717, 1.165) is 0 Å². The van der Waals surface area contributed by atoms with Crippen molar-refractivity contribution in [1.82, 2.24) is 5.32 Å². The Morgan fingerprint density at radius 3 is 2.43 bits per heavy atom. The maximum atomic E-state index is 11.3. The summed E-state index contributed by atoms with van der Waals surface area (Å²) in [7, 11) is 1.56. The Balaban J connectivity index is 2.17. The number of nitrogens with one attached hydrogen (secondary N) is 2. The Labute approximate surface area is 134 Å². The molecule has 0 radical (unpaired) electrons. The minimum absolute atomic E-state index is 0.367. The highest BCUT2D eigenvalue weighted by Gasteiger charge is 2.44. The van der Waals surface area contributed by atoms with E-state index in [1.54, 1.807) is 31.4 Å². The van der Waals surface area contributed by atoms with Gasteiger partial charge in [0.05, 0.1) is 13.7 Å². The molecule has 1 aromatic rings. The second-order valence-electron chi connectivity index (χ2n) is 5.36. The highest BCUT2D eigenvalue weighted by Crippen LogP contribution is 2.24. The standard InChI is InChI=1S/C15H22N2O6/c1-8(19)16-12-14(21)13(20)11(7-18)23-15(12)17-9-3-5-10(22-2)6-4-9/h3-6,11-15,17-18,20-21H,7H2,1-2H3,(H,16,19)/t11-,12-,13-,14-,15+/m1/s1. The van der Waals surface area contributed by atoms with Crippen LogP contribution in [-0.4, -0.2) is 65.5 Å². The number of ether oxygens (including phenoxy) is 2. The van der Waals surface area contributed by atoms with E-state index in [9.17, 15) is 20.1 Å². The lowest BCUT2D eigenvalue weighted by atomic mass is 9.95. The van der Waals surface area contributed by atoms with Crippen molar-refractivity contribution in [2.45, 2.75) is 37.5 Å². The average molecular weight is 326 g/mol. The zero-order valence-corrected chi connectivity index (χ0v) is 13.0. The molecule has 1 aliphatic heterocycles. The third kappa shape index (κ3) is 4.11. The van der Waals surface area contributed by atoms with Crippen LogP contribution in [0.5, 0.6) is 5.75 Å². The number of methoxy groups -OCH3 is 1. The SMILES string of the molecule is COc1ccc(N[C@H]2O[C@H](CO)[C@@H](O)[C@H](O)[C@H]2NC(C)=O)cc1. The monoisotopic (exact) mass is 326 g/mol. The number of carbonyl (C=O) groups is 1. The predicted octanol–water partition coefficient (Wildman–Crippen LogP) is -0.949. The molecule has 1 aliphatic rings. The summed E-state index contributed by atoms with van der Waals surface area (Å²) >= 11 is 0. The molecule has 0 aromatic heterocycles. The van der Waals surface area contributed by atoms with Crippen molar-refractivity contribution in [3.63, 3.8) is 0 Å². The molecule has 128 valence electrons. The zero-order valence-electron chi connectivity index (χ0n) is 13.0. The summed E-state index contributed by atoms with van der Waals surface area (Å²) in [5.41, 5.74) is 0.673. The lowest BCUT2D eigenvalue weighted by molar-refractivity contribution is -0.188. The van der Waals surface area contributed by atoms with Gasteiger partial charge < -0.3 is 35.4 Å². The van der Waals surface area contributed by atoms with Crippen LogP contribution in [0, 0.1) is 0 Å². The molecular weight excluding hydrogens is 304 g/mol. The van der Waals surface area contributed by atoms with Gasteiger partial charge in [0.2, 0.25) is 5.91 Å². The van der Waals surface area contributed by atoms with E-state index in [2.05, 4.69) is 10.6 Å². The second kappa shape index (κ2) is 7.60. The first-order chi connectivity index (χ1) is 11.0. The van der Waals surface area contributed by atoms with Gasteiger partial charge in [0, 0.05) is 12.6 Å². The first-order valence-electron chi connectivity index (χ1n) is 7.26. The van der Waals surface area contributed by atoms with Crippen LogP contribution >= 0.6 is 0 Å². The molecule has 2 rings (SSSR count). The predicted molar refractivity (Wildman–Crippen MR) is 82.0 cm³/mol. The van der Waals surface area contributed by atoms with Gasteiger partial charge in [-0.25, -0.2) is 0 Å². The number of amides is 1. The molecule has 5 atom stereocenters. The molecule has 0 aliphatic carbocycles. The van der Waals surface area contributed by atoms with Crippen LogP contribution in [0.15, 0.2) is 24.3 Å². The third-order valence-corrected chi connectivity index (χ3v) is 3.70. The zero-order chi connectivity index (χ0) is 17.0.